The maximum atomic E-state index is 11.9. The first-order chi connectivity index (χ1) is 7.16. The van der Waals surface area contributed by atoms with Crippen LogP contribution in [0.25, 0.3) is 0 Å². The first-order valence-electron chi connectivity index (χ1n) is 5.05. The third-order valence-corrected chi connectivity index (χ3v) is 3.43. The summed E-state index contributed by atoms with van der Waals surface area (Å²) in [6.45, 7) is 3.85. The fraction of sp³-hybridized carbons (Fsp3) is 0.667. The third-order valence-electron chi connectivity index (χ3n) is 2.69. The Morgan fingerprint density at radius 1 is 1.47 bits per heavy atom. The van der Waals surface area contributed by atoms with Gasteiger partial charge in [0, 0.05) is 13.1 Å². The molecule has 0 spiro atoms. The topological polar surface area (TPSA) is 72.1 Å². The second kappa shape index (κ2) is 4.14. The average Bonchev–Trinajstić information content (AvgIpc) is 2.65. The van der Waals surface area contributed by atoms with Crippen molar-refractivity contribution in [3.8, 4) is 0 Å². The fourth-order valence-corrected chi connectivity index (χ4v) is 2.25. The zero-order valence-electron chi connectivity index (χ0n) is 8.64. The highest BCUT2D eigenvalue weighted by atomic mass is 32.1. The van der Waals surface area contributed by atoms with Crippen LogP contribution in [0.15, 0.2) is 0 Å². The first kappa shape index (κ1) is 10.4. The van der Waals surface area contributed by atoms with Gasteiger partial charge in [-0.1, -0.05) is 18.3 Å². The lowest BCUT2D eigenvalue weighted by molar-refractivity contribution is 0.0696. The molecule has 1 aliphatic rings. The van der Waals surface area contributed by atoms with Crippen LogP contribution in [0.5, 0.6) is 0 Å². The molecule has 0 radical (unpaired) electrons. The smallest absolute Gasteiger partial charge is 0.284 e. The predicted octanol–water partition coefficient (Wildman–Crippen LogP) is 0.992. The van der Waals surface area contributed by atoms with E-state index < -0.39 is 0 Å². The molecule has 2 rings (SSSR count). The first-order valence-corrected chi connectivity index (χ1v) is 5.86. The van der Waals surface area contributed by atoms with Crippen LogP contribution < -0.4 is 5.73 Å². The summed E-state index contributed by atoms with van der Waals surface area (Å²) >= 11 is 1.15. The van der Waals surface area contributed by atoms with Gasteiger partial charge in [-0.2, -0.15) is 0 Å². The number of nitrogens with zero attached hydrogens (tertiary/aromatic N) is 3. The molecule has 1 fully saturated rings. The lowest BCUT2D eigenvalue weighted by Crippen LogP contribution is -2.37. The Bertz CT molecular complexity index is 357. The zero-order valence-corrected chi connectivity index (χ0v) is 9.46. The summed E-state index contributed by atoms with van der Waals surface area (Å²) in [6.07, 6.45) is 2.14. The third kappa shape index (κ3) is 2.26. The van der Waals surface area contributed by atoms with Gasteiger partial charge in [-0.05, 0) is 18.8 Å². The summed E-state index contributed by atoms with van der Waals surface area (Å²) in [5.74, 6) is 0.685. The van der Waals surface area contributed by atoms with E-state index in [4.69, 9.17) is 5.73 Å². The molecule has 82 valence electrons. The van der Waals surface area contributed by atoms with Gasteiger partial charge in [0.2, 0.25) is 10.1 Å². The number of rotatable bonds is 1. The number of aromatic nitrogens is 2. The molecule has 1 saturated heterocycles. The van der Waals surface area contributed by atoms with Crippen molar-refractivity contribution >= 4 is 22.4 Å². The van der Waals surface area contributed by atoms with Crippen LogP contribution in [0.2, 0.25) is 0 Å². The van der Waals surface area contributed by atoms with Gasteiger partial charge in [0.15, 0.2) is 0 Å². The average molecular weight is 226 g/mol. The largest absolute Gasteiger partial charge is 0.374 e. The van der Waals surface area contributed by atoms with Crippen molar-refractivity contribution in [3.63, 3.8) is 0 Å². The van der Waals surface area contributed by atoms with Gasteiger partial charge >= 0.3 is 0 Å². The highest BCUT2D eigenvalue weighted by Gasteiger charge is 2.23. The molecule has 2 heterocycles. The standard InChI is InChI=1S/C9H14N4OS/c1-6-2-4-13(5-3-6)8(14)7-11-12-9(10)15-7/h6H,2-5H2,1H3,(H2,10,12). The molecule has 6 heteroatoms. The summed E-state index contributed by atoms with van der Waals surface area (Å²) in [5.41, 5.74) is 5.44. The number of likely N-dealkylation sites (tertiary alicyclic amines) is 1. The Labute approximate surface area is 92.3 Å². The lowest BCUT2D eigenvalue weighted by Gasteiger charge is -2.29. The normalized spacial score (nSPS) is 18.1. The molecule has 2 N–H and O–H groups in total. The van der Waals surface area contributed by atoms with Gasteiger partial charge in [0.25, 0.3) is 5.91 Å². The van der Waals surface area contributed by atoms with E-state index in [-0.39, 0.29) is 5.91 Å². The van der Waals surface area contributed by atoms with Crippen LogP contribution >= 0.6 is 11.3 Å². The maximum Gasteiger partial charge on any atom is 0.284 e. The molecule has 1 amide bonds. The van der Waals surface area contributed by atoms with Gasteiger partial charge < -0.3 is 10.6 Å². The summed E-state index contributed by atoms with van der Waals surface area (Å²) < 4.78 is 0. The van der Waals surface area contributed by atoms with Crippen molar-refractivity contribution in [2.45, 2.75) is 19.8 Å². The molecule has 0 aromatic carbocycles. The quantitative estimate of drug-likeness (QED) is 0.775. The Balaban J connectivity index is 2.02. The lowest BCUT2D eigenvalue weighted by atomic mass is 9.99. The van der Waals surface area contributed by atoms with E-state index >= 15 is 0 Å². The number of hydrogen-bond acceptors (Lipinski definition) is 5. The van der Waals surface area contributed by atoms with Crippen LogP contribution in [0, 0.1) is 5.92 Å². The van der Waals surface area contributed by atoms with Gasteiger partial charge in [-0.25, -0.2) is 0 Å². The number of carbonyl (C=O) groups is 1. The molecule has 0 aliphatic carbocycles. The molecule has 1 aliphatic heterocycles. The molecule has 0 bridgehead atoms. The van der Waals surface area contributed by atoms with Crippen molar-refractivity contribution in [2.24, 2.45) is 5.92 Å². The number of nitrogen functional groups attached to an aromatic ring is 1. The van der Waals surface area contributed by atoms with Gasteiger partial charge in [0.1, 0.15) is 0 Å². The number of piperidine rings is 1. The SMILES string of the molecule is CC1CCN(C(=O)c2nnc(N)s2)CC1. The van der Waals surface area contributed by atoms with Crippen molar-refractivity contribution in [3.05, 3.63) is 5.01 Å². The molecular formula is C9H14N4OS. The molecule has 5 nitrogen and oxygen atoms in total. The van der Waals surface area contributed by atoms with Crippen LogP contribution in [0.4, 0.5) is 5.13 Å². The van der Waals surface area contributed by atoms with E-state index in [1.165, 1.54) is 0 Å². The van der Waals surface area contributed by atoms with Crippen molar-refractivity contribution in [1.82, 2.24) is 15.1 Å². The van der Waals surface area contributed by atoms with E-state index in [0.29, 0.717) is 16.1 Å². The molecule has 1 aromatic rings. The Morgan fingerprint density at radius 3 is 2.67 bits per heavy atom. The summed E-state index contributed by atoms with van der Waals surface area (Å²) in [6, 6.07) is 0. The molecule has 1 aromatic heterocycles. The van der Waals surface area contributed by atoms with E-state index in [2.05, 4.69) is 17.1 Å². The van der Waals surface area contributed by atoms with E-state index in [1.807, 2.05) is 4.90 Å². The molecule has 0 saturated carbocycles. The van der Waals surface area contributed by atoms with Crippen molar-refractivity contribution in [1.29, 1.82) is 0 Å². The second-order valence-corrected chi connectivity index (χ2v) is 4.93. The van der Waals surface area contributed by atoms with Crippen LogP contribution in [0.1, 0.15) is 29.6 Å². The predicted molar refractivity (Wildman–Crippen MR) is 58.6 cm³/mol. The number of amides is 1. The summed E-state index contributed by atoms with van der Waals surface area (Å²) in [5, 5.41) is 8.16. The van der Waals surface area contributed by atoms with Crippen molar-refractivity contribution in [2.75, 3.05) is 18.8 Å². The van der Waals surface area contributed by atoms with Gasteiger partial charge in [0.05, 0.1) is 0 Å². The fourth-order valence-electron chi connectivity index (χ4n) is 1.67. The second-order valence-electron chi connectivity index (χ2n) is 3.92. The minimum atomic E-state index is -0.0314. The van der Waals surface area contributed by atoms with E-state index in [0.717, 1.165) is 37.3 Å². The molecule has 0 atom stereocenters. The zero-order chi connectivity index (χ0) is 10.8. The number of anilines is 1. The summed E-state index contributed by atoms with van der Waals surface area (Å²) in [4.78, 5) is 13.7. The monoisotopic (exact) mass is 226 g/mol. The Kier molecular flexibility index (Phi) is 2.86. The van der Waals surface area contributed by atoms with E-state index in [9.17, 15) is 4.79 Å². The Hall–Kier alpha value is -1.17. The highest BCUT2D eigenvalue weighted by Crippen LogP contribution is 2.20. The van der Waals surface area contributed by atoms with E-state index in [1.54, 1.807) is 0 Å². The van der Waals surface area contributed by atoms with Crippen molar-refractivity contribution < 1.29 is 4.79 Å². The van der Waals surface area contributed by atoms with Crippen LogP contribution in [-0.4, -0.2) is 34.1 Å². The Morgan fingerprint density at radius 2 is 2.13 bits per heavy atom. The van der Waals surface area contributed by atoms with Gasteiger partial charge in [-0.3, -0.25) is 4.79 Å². The van der Waals surface area contributed by atoms with Crippen LogP contribution in [-0.2, 0) is 0 Å². The molecular weight excluding hydrogens is 212 g/mol. The minimum absolute atomic E-state index is 0.0314. The van der Waals surface area contributed by atoms with Crippen LogP contribution in [0.3, 0.4) is 0 Å². The number of hydrogen-bond donors (Lipinski definition) is 1. The molecule has 15 heavy (non-hydrogen) atoms. The highest BCUT2D eigenvalue weighted by molar-refractivity contribution is 7.16. The maximum absolute atomic E-state index is 11.9. The number of carbonyl (C=O) groups excluding carboxylic acids is 1. The minimum Gasteiger partial charge on any atom is -0.374 e. The number of nitrogens with two attached hydrogens (primary N) is 1. The summed E-state index contributed by atoms with van der Waals surface area (Å²) in [7, 11) is 0. The molecule has 0 unspecified atom stereocenters. The van der Waals surface area contributed by atoms with Gasteiger partial charge in [-0.15, -0.1) is 10.2 Å².